The van der Waals surface area contributed by atoms with Crippen LogP contribution in [0.1, 0.15) is 29.0 Å². The third kappa shape index (κ3) is 1.84. The van der Waals surface area contributed by atoms with Gasteiger partial charge >= 0.3 is 133 Å². The van der Waals surface area contributed by atoms with Crippen molar-refractivity contribution in [2.75, 3.05) is 0 Å². The molecule has 0 N–H and O–H groups in total. The van der Waals surface area contributed by atoms with Crippen molar-refractivity contribution in [2.45, 2.75) is 29.1 Å². The Kier molecular flexibility index (Phi) is 3.24. The molecule has 1 aliphatic carbocycles. The molecule has 20 heavy (non-hydrogen) atoms. The van der Waals surface area contributed by atoms with Crippen molar-refractivity contribution >= 4 is 48.2 Å². The van der Waals surface area contributed by atoms with Gasteiger partial charge in [-0.2, -0.15) is 0 Å². The third-order valence-electron chi connectivity index (χ3n) is 4.61. The Hall–Kier alpha value is -0.321. The molecule has 0 bridgehead atoms. The molecule has 2 aromatic heterocycles. The zero-order valence-electron chi connectivity index (χ0n) is 11.9. The summed E-state index contributed by atoms with van der Waals surface area (Å²) in [6.45, 7) is 0. The molecule has 0 spiro atoms. The molecule has 3 heterocycles. The summed E-state index contributed by atoms with van der Waals surface area (Å²) in [4.78, 5) is 8.37. The second kappa shape index (κ2) is 4.85. The third-order valence-corrected chi connectivity index (χ3v) is 17.8. The Bertz CT molecular complexity index is 640. The van der Waals surface area contributed by atoms with E-state index in [9.17, 15) is 0 Å². The van der Waals surface area contributed by atoms with Gasteiger partial charge in [-0.1, -0.05) is 0 Å². The van der Waals surface area contributed by atoms with Gasteiger partial charge in [0, 0.05) is 0 Å². The molecule has 102 valence electrons. The van der Waals surface area contributed by atoms with Gasteiger partial charge in [0.1, 0.15) is 0 Å². The van der Waals surface area contributed by atoms with Crippen molar-refractivity contribution in [3.8, 4) is 0 Å². The Morgan fingerprint density at radius 3 is 1.75 bits per heavy atom. The molecule has 0 saturated heterocycles. The first-order valence-electron chi connectivity index (χ1n) is 7.25. The number of hydrogen-bond acceptors (Lipinski definition) is 2. The van der Waals surface area contributed by atoms with Crippen LogP contribution < -0.4 is 0 Å². The normalized spacial score (nSPS) is 20.9. The molecule has 2 aliphatic rings. The topological polar surface area (TPSA) is 0 Å². The Morgan fingerprint density at radius 1 is 0.850 bits per heavy atom. The molecular formula is C17H18S2Sn. The van der Waals surface area contributed by atoms with Crippen LogP contribution in [0, 0.1) is 0 Å². The van der Waals surface area contributed by atoms with Crippen LogP contribution in [0.15, 0.2) is 46.2 Å². The monoisotopic (exact) mass is 406 g/mol. The van der Waals surface area contributed by atoms with Gasteiger partial charge in [-0.15, -0.1) is 0 Å². The molecule has 3 heteroatoms. The van der Waals surface area contributed by atoms with Gasteiger partial charge in [0.05, 0.1) is 0 Å². The van der Waals surface area contributed by atoms with E-state index in [2.05, 4.69) is 44.9 Å². The summed E-state index contributed by atoms with van der Waals surface area (Å²) in [5.74, 6) is 0. The summed E-state index contributed by atoms with van der Waals surface area (Å²) in [6, 6.07) is 9.12. The summed E-state index contributed by atoms with van der Waals surface area (Å²) >= 11 is 1.50. The fourth-order valence-electron chi connectivity index (χ4n) is 3.93. The second-order valence-corrected chi connectivity index (χ2v) is 20.2. The van der Waals surface area contributed by atoms with E-state index in [-0.39, 0.29) is 0 Å². The first-order chi connectivity index (χ1) is 9.69. The van der Waals surface area contributed by atoms with Crippen molar-refractivity contribution in [3.05, 3.63) is 55.9 Å². The zero-order chi connectivity index (χ0) is 13.7. The molecule has 1 saturated carbocycles. The molecule has 1 aliphatic heterocycles. The minimum atomic E-state index is -2.38. The molecule has 0 amide bonds. The van der Waals surface area contributed by atoms with Crippen LogP contribution >= 0.6 is 22.7 Å². The second-order valence-electron chi connectivity index (χ2n) is 6.14. The van der Waals surface area contributed by atoms with Crippen LogP contribution in [0.2, 0.25) is 9.88 Å². The summed E-state index contributed by atoms with van der Waals surface area (Å²) in [5, 5.41) is 4.48. The van der Waals surface area contributed by atoms with Crippen molar-refractivity contribution in [1.82, 2.24) is 0 Å². The van der Waals surface area contributed by atoms with Gasteiger partial charge in [0.25, 0.3) is 0 Å². The number of thiophene rings is 2. The van der Waals surface area contributed by atoms with E-state index >= 15 is 0 Å². The van der Waals surface area contributed by atoms with E-state index in [0.29, 0.717) is 0 Å². The summed E-state index contributed by atoms with van der Waals surface area (Å²) in [5.41, 5.74) is 3.49. The van der Waals surface area contributed by atoms with E-state index in [1.54, 1.807) is 20.9 Å². The standard InChI is InChI=1S/C15H12S2.2CH3.Sn/c1-4-12(10-14-6-2-8-16-14)13(5-1)11-15-7-3-9-17-15;;;/h2-3,6-9H,1,4-5H2;2*1H3;. The molecule has 0 unspecified atom stereocenters. The first kappa shape index (κ1) is 13.3. The Morgan fingerprint density at radius 2 is 1.35 bits per heavy atom. The quantitative estimate of drug-likeness (QED) is 0.538. The van der Waals surface area contributed by atoms with Crippen LogP contribution in [0.25, 0.3) is 7.18 Å². The van der Waals surface area contributed by atoms with Crippen molar-refractivity contribution in [1.29, 1.82) is 0 Å². The van der Waals surface area contributed by atoms with Gasteiger partial charge in [-0.05, 0) is 0 Å². The van der Waals surface area contributed by atoms with Crippen molar-refractivity contribution in [3.63, 3.8) is 0 Å². The molecule has 0 radical (unpaired) electrons. The van der Waals surface area contributed by atoms with Crippen LogP contribution in [0.4, 0.5) is 0 Å². The van der Waals surface area contributed by atoms with Crippen molar-refractivity contribution in [2.24, 2.45) is 0 Å². The SMILES string of the molecule is [CH3][Sn]1([CH3])[C](c2cccs2)=C2CCCC2=[C]1c1cccs1. The van der Waals surface area contributed by atoms with E-state index in [1.807, 2.05) is 29.9 Å². The van der Waals surface area contributed by atoms with Gasteiger partial charge in [-0.3, -0.25) is 0 Å². The Balaban J connectivity index is 1.95. The molecule has 0 nitrogen and oxygen atoms in total. The van der Waals surface area contributed by atoms with Crippen molar-refractivity contribution < 1.29 is 0 Å². The molecule has 0 atom stereocenters. The zero-order valence-corrected chi connectivity index (χ0v) is 16.4. The summed E-state index contributed by atoms with van der Waals surface area (Å²) < 4.78 is 3.62. The van der Waals surface area contributed by atoms with E-state index < -0.39 is 18.4 Å². The summed E-state index contributed by atoms with van der Waals surface area (Å²) in [7, 11) is 0. The number of hydrogen-bond donors (Lipinski definition) is 0. The van der Waals surface area contributed by atoms with Gasteiger partial charge in [0.2, 0.25) is 0 Å². The number of fused-ring (bicyclic) bond motifs is 1. The molecule has 2 aromatic rings. The molecule has 4 rings (SSSR count). The van der Waals surface area contributed by atoms with Crippen LogP contribution in [0.5, 0.6) is 0 Å². The van der Waals surface area contributed by atoms with E-state index in [4.69, 9.17) is 0 Å². The maximum absolute atomic E-state index is 2.62. The first-order valence-corrected chi connectivity index (χ1v) is 17.6. The predicted octanol–water partition coefficient (Wildman–Crippen LogP) is 6.00. The average Bonchev–Trinajstić information content (AvgIpc) is 3.11. The van der Waals surface area contributed by atoms with Gasteiger partial charge in [0.15, 0.2) is 0 Å². The molecule has 1 fully saturated rings. The van der Waals surface area contributed by atoms with Crippen LogP contribution in [0.3, 0.4) is 0 Å². The van der Waals surface area contributed by atoms with Crippen LogP contribution in [-0.2, 0) is 0 Å². The number of rotatable bonds is 2. The number of allylic oxidation sites excluding steroid dienone is 2. The fourth-order valence-corrected chi connectivity index (χ4v) is 20.4. The van der Waals surface area contributed by atoms with E-state index in [1.165, 1.54) is 19.3 Å². The van der Waals surface area contributed by atoms with Crippen LogP contribution in [-0.4, -0.2) is 18.4 Å². The van der Waals surface area contributed by atoms with E-state index in [0.717, 1.165) is 0 Å². The minimum absolute atomic E-state index is 1.32. The van der Waals surface area contributed by atoms with Gasteiger partial charge in [-0.25, -0.2) is 0 Å². The average molecular weight is 405 g/mol. The fraction of sp³-hybridized carbons (Fsp3) is 0.294. The van der Waals surface area contributed by atoms with Gasteiger partial charge < -0.3 is 0 Å². The molecule has 0 aromatic carbocycles. The predicted molar refractivity (Wildman–Crippen MR) is 93.8 cm³/mol. The molecular weight excluding hydrogens is 387 g/mol. The maximum atomic E-state index is 2.62. The summed E-state index contributed by atoms with van der Waals surface area (Å²) in [6.07, 6.45) is 3.99. The Labute approximate surface area is 132 Å².